The summed E-state index contributed by atoms with van der Waals surface area (Å²) in [4.78, 5) is 5.65. The smallest absolute Gasteiger partial charge is 0.165 e. The fraction of sp³-hybridized carbons (Fsp3) is 0.286. The zero-order chi connectivity index (χ0) is 18.8. The maximum absolute atomic E-state index is 14.3. The first-order chi connectivity index (χ1) is 13.2. The number of ether oxygens (including phenoxy) is 1. The Kier molecular flexibility index (Phi) is 4.92. The second-order valence-electron chi connectivity index (χ2n) is 6.63. The summed E-state index contributed by atoms with van der Waals surface area (Å²) >= 11 is 0. The summed E-state index contributed by atoms with van der Waals surface area (Å²) in [7, 11) is 1.46. The fourth-order valence-corrected chi connectivity index (χ4v) is 3.34. The molecule has 0 saturated carbocycles. The molecule has 4 rings (SSSR count). The van der Waals surface area contributed by atoms with Crippen LogP contribution in [0.4, 0.5) is 4.39 Å². The molecule has 2 aromatic carbocycles. The Hall–Kier alpha value is -2.70. The molecule has 0 spiro atoms. The number of hydrogen-bond acceptors (Lipinski definition) is 4. The van der Waals surface area contributed by atoms with E-state index in [9.17, 15) is 4.39 Å². The van der Waals surface area contributed by atoms with Crippen LogP contribution in [0.1, 0.15) is 17.5 Å². The van der Waals surface area contributed by atoms with Gasteiger partial charge in [0.2, 0.25) is 0 Å². The quantitative estimate of drug-likeness (QED) is 0.680. The van der Waals surface area contributed by atoms with Crippen LogP contribution in [0.5, 0.6) is 5.75 Å². The predicted molar refractivity (Wildman–Crippen MR) is 101 cm³/mol. The lowest BCUT2D eigenvalue weighted by Crippen LogP contribution is -2.17. The van der Waals surface area contributed by atoms with Crippen molar-refractivity contribution in [2.75, 3.05) is 20.3 Å². The number of para-hydroxylation sites is 1. The number of hydroxylamine groups is 2. The molecule has 0 bridgehead atoms. The van der Waals surface area contributed by atoms with Crippen LogP contribution < -0.4 is 4.74 Å². The third-order valence-electron chi connectivity index (χ3n) is 4.75. The molecule has 1 saturated heterocycles. The average molecular weight is 367 g/mol. The van der Waals surface area contributed by atoms with Gasteiger partial charge in [0, 0.05) is 23.9 Å². The molecule has 27 heavy (non-hydrogen) atoms. The van der Waals surface area contributed by atoms with Crippen molar-refractivity contribution >= 4 is 0 Å². The van der Waals surface area contributed by atoms with E-state index in [1.165, 1.54) is 13.2 Å². The number of halogens is 1. The molecule has 6 heteroatoms. The van der Waals surface area contributed by atoms with Gasteiger partial charge in [-0.15, -0.1) is 0 Å². The van der Waals surface area contributed by atoms with E-state index >= 15 is 0 Å². The lowest BCUT2D eigenvalue weighted by molar-refractivity contribution is -0.117. The summed E-state index contributed by atoms with van der Waals surface area (Å²) in [6.45, 7) is 4.27. The first-order valence-electron chi connectivity index (χ1n) is 9.02. The number of nitrogens with zero attached hydrogens (tertiary/aromatic N) is 3. The lowest BCUT2D eigenvalue weighted by atomic mass is 10.1. The van der Waals surface area contributed by atoms with Gasteiger partial charge >= 0.3 is 0 Å². The minimum atomic E-state index is -0.399. The van der Waals surface area contributed by atoms with Crippen LogP contribution in [0.15, 0.2) is 48.7 Å². The Balaban J connectivity index is 1.78. The molecule has 140 valence electrons. The number of hydrogen-bond donors (Lipinski definition) is 0. The normalized spacial score (nSPS) is 14.6. The van der Waals surface area contributed by atoms with Crippen LogP contribution in [0, 0.1) is 12.7 Å². The van der Waals surface area contributed by atoms with Crippen LogP contribution in [0.2, 0.25) is 0 Å². The second kappa shape index (κ2) is 7.50. The summed E-state index contributed by atoms with van der Waals surface area (Å²) in [5, 5.41) is 6.71. The number of benzene rings is 2. The van der Waals surface area contributed by atoms with E-state index in [1.807, 2.05) is 53.2 Å². The molecule has 3 aromatic rings. The van der Waals surface area contributed by atoms with Gasteiger partial charge in [-0.2, -0.15) is 10.2 Å². The Morgan fingerprint density at radius 2 is 2.07 bits per heavy atom. The van der Waals surface area contributed by atoms with Crippen molar-refractivity contribution in [1.29, 1.82) is 0 Å². The summed E-state index contributed by atoms with van der Waals surface area (Å²) < 4.78 is 21.2. The van der Waals surface area contributed by atoms with Crippen LogP contribution >= 0.6 is 0 Å². The first-order valence-corrected chi connectivity index (χ1v) is 9.02. The van der Waals surface area contributed by atoms with Crippen molar-refractivity contribution < 1.29 is 14.0 Å². The van der Waals surface area contributed by atoms with E-state index in [-0.39, 0.29) is 5.75 Å². The molecule has 1 aliphatic rings. The molecule has 0 amide bonds. The Morgan fingerprint density at radius 1 is 1.22 bits per heavy atom. The SMILES string of the molecule is COc1ccc(-c2nn(-c3ccccc3C)cc2CN2CCCO2)cc1F. The Bertz CT molecular complexity index is 948. The largest absolute Gasteiger partial charge is 0.494 e. The lowest BCUT2D eigenvalue weighted by Gasteiger charge is -2.13. The van der Waals surface area contributed by atoms with E-state index < -0.39 is 5.82 Å². The van der Waals surface area contributed by atoms with Gasteiger partial charge < -0.3 is 4.74 Å². The van der Waals surface area contributed by atoms with Gasteiger partial charge in [0.15, 0.2) is 11.6 Å². The third kappa shape index (κ3) is 3.59. The van der Waals surface area contributed by atoms with Crippen molar-refractivity contribution in [3.63, 3.8) is 0 Å². The fourth-order valence-electron chi connectivity index (χ4n) is 3.34. The van der Waals surface area contributed by atoms with Crippen molar-refractivity contribution in [1.82, 2.24) is 14.8 Å². The van der Waals surface area contributed by atoms with Gasteiger partial charge in [-0.25, -0.2) is 9.07 Å². The maximum atomic E-state index is 14.3. The summed E-state index contributed by atoms with van der Waals surface area (Å²) in [5.74, 6) is -0.176. The molecule has 1 aromatic heterocycles. The van der Waals surface area contributed by atoms with Gasteiger partial charge in [-0.3, -0.25) is 4.84 Å². The third-order valence-corrected chi connectivity index (χ3v) is 4.75. The number of methoxy groups -OCH3 is 1. The number of aromatic nitrogens is 2. The van der Waals surface area contributed by atoms with Gasteiger partial charge in [0.05, 0.1) is 31.6 Å². The van der Waals surface area contributed by atoms with E-state index in [0.29, 0.717) is 6.54 Å². The molecule has 0 N–H and O–H groups in total. The highest BCUT2D eigenvalue weighted by Gasteiger charge is 2.20. The highest BCUT2D eigenvalue weighted by Crippen LogP contribution is 2.29. The van der Waals surface area contributed by atoms with E-state index in [1.54, 1.807) is 6.07 Å². The molecular formula is C21H22FN3O2. The minimum absolute atomic E-state index is 0.224. The standard InChI is InChI=1S/C21H22FN3O2/c1-15-6-3-4-7-19(15)25-14-17(13-24-10-5-11-27-24)21(23-25)16-8-9-20(26-2)18(22)12-16/h3-4,6-9,12,14H,5,10-11,13H2,1-2H3. The molecule has 0 radical (unpaired) electrons. The van der Waals surface area contributed by atoms with Crippen molar-refractivity contribution in [2.45, 2.75) is 19.9 Å². The van der Waals surface area contributed by atoms with E-state index in [0.717, 1.165) is 47.6 Å². The van der Waals surface area contributed by atoms with Crippen molar-refractivity contribution in [3.05, 3.63) is 65.6 Å². The minimum Gasteiger partial charge on any atom is -0.494 e. The van der Waals surface area contributed by atoms with Crippen LogP contribution in [0.25, 0.3) is 16.9 Å². The summed E-state index contributed by atoms with van der Waals surface area (Å²) in [6.07, 6.45) is 3.01. The highest BCUT2D eigenvalue weighted by atomic mass is 19.1. The first kappa shape index (κ1) is 17.7. The summed E-state index contributed by atoms with van der Waals surface area (Å²) in [5.41, 5.74) is 4.58. The Labute approximate surface area is 157 Å². The molecule has 0 atom stereocenters. The van der Waals surface area contributed by atoms with E-state index in [4.69, 9.17) is 14.7 Å². The summed E-state index contributed by atoms with van der Waals surface area (Å²) in [6, 6.07) is 13.0. The van der Waals surface area contributed by atoms with Gasteiger partial charge in [-0.05, 0) is 43.2 Å². The molecule has 0 aliphatic carbocycles. The molecule has 5 nitrogen and oxygen atoms in total. The molecule has 1 fully saturated rings. The molecule has 1 aliphatic heterocycles. The maximum Gasteiger partial charge on any atom is 0.165 e. The van der Waals surface area contributed by atoms with Gasteiger partial charge in [0.25, 0.3) is 0 Å². The van der Waals surface area contributed by atoms with Crippen LogP contribution in [-0.4, -0.2) is 35.1 Å². The Morgan fingerprint density at radius 3 is 2.78 bits per heavy atom. The van der Waals surface area contributed by atoms with Crippen molar-refractivity contribution in [2.24, 2.45) is 0 Å². The van der Waals surface area contributed by atoms with Crippen molar-refractivity contribution in [3.8, 4) is 22.7 Å². The topological polar surface area (TPSA) is 39.5 Å². The highest BCUT2D eigenvalue weighted by molar-refractivity contribution is 5.64. The van der Waals surface area contributed by atoms with Gasteiger partial charge in [0.1, 0.15) is 0 Å². The predicted octanol–water partition coefficient (Wildman–Crippen LogP) is 4.13. The number of aryl methyl sites for hydroxylation is 1. The van der Waals surface area contributed by atoms with Crippen LogP contribution in [-0.2, 0) is 11.4 Å². The second-order valence-corrected chi connectivity index (χ2v) is 6.63. The monoisotopic (exact) mass is 367 g/mol. The zero-order valence-corrected chi connectivity index (χ0v) is 15.5. The van der Waals surface area contributed by atoms with Gasteiger partial charge in [-0.1, -0.05) is 18.2 Å². The van der Waals surface area contributed by atoms with Crippen LogP contribution in [0.3, 0.4) is 0 Å². The van der Waals surface area contributed by atoms with E-state index in [2.05, 4.69) is 0 Å². The molecular weight excluding hydrogens is 345 g/mol. The molecule has 2 heterocycles. The average Bonchev–Trinajstić information content (AvgIpc) is 3.32. The zero-order valence-electron chi connectivity index (χ0n) is 15.5. The molecule has 0 unspecified atom stereocenters. The number of rotatable bonds is 5.